The first-order chi connectivity index (χ1) is 15.8. The zero-order chi connectivity index (χ0) is 24.3. The molecule has 2 aromatic rings. The van der Waals surface area contributed by atoms with Crippen LogP contribution in [-0.2, 0) is 19.1 Å². The smallest absolute Gasteiger partial charge is 0.355 e. The van der Waals surface area contributed by atoms with Crippen LogP contribution in [0, 0.1) is 11.3 Å². The van der Waals surface area contributed by atoms with E-state index in [1.54, 1.807) is 30.3 Å². The van der Waals surface area contributed by atoms with Crippen molar-refractivity contribution in [2.45, 2.75) is 5.92 Å². The summed E-state index contributed by atoms with van der Waals surface area (Å²) in [6, 6.07) is 13.7. The summed E-state index contributed by atoms with van der Waals surface area (Å²) in [5, 5.41) is 29.7. The Labute approximate surface area is 188 Å². The number of carboxylic acid groups (broad SMARTS) is 1. The highest BCUT2D eigenvalue weighted by atomic mass is 16.5. The zero-order valence-electron chi connectivity index (χ0n) is 17.6. The summed E-state index contributed by atoms with van der Waals surface area (Å²) < 4.78 is 9.80. The number of carbonyl (C=O) groups excluding carboxylic acids is 2. The normalized spacial score (nSPS) is 15.7. The van der Waals surface area contributed by atoms with E-state index in [1.165, 1.54) is 12.1 Å². The maximum Gasteiger partial charge on any atom is 0.355 e. The third-order valence-corrected chi connectivity index (χ3v) is 5.07. The SMILES string of the molecule is COC(=O)C1=C(C(=O)OC)N(c2ccc(C(=O)O)cc2O)C(N)=C(C#N)C1c1ccccc1. The summed E-state index contributed by atoms with van der Waals surface area (Å²) in [6.45, 7) is 0. The summed E-state index contributed by atoms with van der Waals surface area (Å²) in [6.07, 6.45) is 0. The van der Waals surface area contributed by atoms with E-state index >= 15 is 0 Å². The van der Waals surface area contributed by atoms with Crippen molar-refractivity contribution >= 4 is 23.6 Å². The largest absolute Gasteiger partial charge is 0.506 e. The van der Waals surface area contributed by atoms with E-state index in [9.17, 15) is 29.9 Å². The van der Waals surface area contributed by atoms with Crippen molar-refractivity contribution in [2.24, 2.45) is 5.73 Å². The molecule has 0 saturated heterocycles. The lowest BCUT2D eigenvalue weighted by atomic mass is 9.81. The third-order valence-electron chi connectivity index (χ3n) is 5.07. The van der Waals surface area contributed by atoms with Gasteiger partial charge in [0.2, 0.25) is 0 Å². The predicted molar refractivity (Wildman–Crippen MR) is 115 cm³/mol. The number of allylic oxidation sites excluding steroid dienone is 1. The molecule has 0 aliphatic carbocycles. The fourth-order valence-corrected chi connectivity index (χ4v) is 3.61. The van der Waals surface area contributed by atoms with E-state index in [0.717, 1.165) is 25.2 Å². The van der Waals surface area contributed by atoms with Gasteiger partial charge < -0.3 is 25.4 Å². The molecule has 1 aliphatic heterocycles. The van der Waals surface area contributed by atoms with Crippen molar-refractivity contribution in [2.75, 3.05) is 19.1 Å². The average Bonchev–Trinajstić information content (AvgIpc) is 2.82. The van der Waals surface area contributed by atoms with Crippen LogP contribution in [-0.4, -0.2) is 42.3 Å². The molecule has 1 heterocycles. The number of phenolic OH excluding ortho intramolecular Hbond substituents is 1. The number of rotatable bonds is 5. The number of nitrogens with two attached hydrogens (primary N) is 1. The highest BCUT2D eigenvalue weighted by Gasteiger charge is 2.43. The predicted octanol–water partition coefficient (Wildman–Crippen LogP) is 1.99. The minimum absolute atomic E-state index is 0.0871. The first-order valence-electron chi connectivity index (χ1n) is 9.48. The van der Waals surface area contributed by atoms with Crippen molar-refractivity contribution in [1.29, 1.82) is 5.26 Å². The van der Waals surface area contributed by atoms with Gasteiger partial charge in [-0.2, -0.15) is 5.26 Å². The van der Waals surface area contributed by atoms with Crippen LogP contribution in [0.1, 0.15) is 21.8 Å². The third kappa shape index (κ3) is 3.95. The van der Waals surface area contributed by atoms with Crippen LogP contribution < -0.4 is 10.6 Å². The fourth-order valence-electron chi connectivity index (χ4n) is 3.61. The summed E-state index contributed by atoms with van der Waals surface area (Å²) in [5.41, 5.74) is 5.73. The second kappa shape index (κ2) is 9.15. The summed E-state index contributed by atoms with van der Waals surface area (Å²) in [5.74, 6) is -5.07. The zero-order valence-corrected chi connectivity index (χ0v) is 17.6. The number of carboxylic acids is 1. The number of phenols is 1. The molecule has 10 nitrogen and oxygen atoms in total. The molecule has 1 unspecified atom stereocenters. The number of esters is 2. The van der Waals surface area contributed by atoms with Crippen LogP contribution in [0.4, 0.5) is 5.69 Å². The lowest BCUT2D eigenvalue weighted by Crippen LogP contribution is -2.40. The molecule has 0 fully saturated rings. The number of carbonyl (C=O) groups is 3. The van der Waals surface area contributed by atoms with Gasteiger partial charge in [0.15, 0.2) is 0 Å². The maximum atomic E-state index is 12.9. The molecule has 0 aromatic heterocycles. The van der Waals surface area contributed by atoms with Crippen LogP contribution in [0.25, 0.3) is 0 Å². The summed E-state index contributed by atoms with van der Waals surface area (Å²) in [7, 11) is 2.20. The van der Waals surface area contributed by atoms with E-state index in [4.69, 9.17) is 15.2 Å². The highest BCUT2D eigenvalue weighted by Crippen LogP contribution is 2.45. The molecule has 10 heteroatoms. The molecule has 0 saturated carbocycles. The number of methoxy groups -OCH3 is 2. The summed E-state index contributed by atoms with van der Waals surface area (Å²) >= 11 is 0. The van der Waals surface area contributed by atoms with Crippen LogP contribution >= 0.6 is 0 Å². The summed E-state index contributed by atoms with van der Waals surface area (Å²) in [4.78, 5) is 38.1. The first kappa shape index (κ1) is 22.9. The molecule has 1 atom stereocenters. The highest BCUT2D eigenvalue weighted by molar-refractivity contribution is 6.06. The number of anilines is 1. The Bertz CT molecular complexity index is 1240. The number of aromatic hydroxyl groups is 1. The lowest BCUT2D eigenvalue weighted by molar-refractivity contribution is -0.139. The van der Waals surface area contributed by atoms with E-state index in [0.29, 0.717) is 5.56 Å². The Balaban J connectivity index is 2.41. The van der Waals surface area contributed by atoms with E-state index in [-0.39, 0.29) is 33.9 Å². The van der Waals surface area contributed by atoms with Crippen molar-refractivity contribution in [3.8, 4) is 11.8 Å². The van der Waals surface area contributed by atoms with Gasteiger partial charge in [-0.25, -0.2) is 14.4 Å². The van der Waals surface area contributed by atoms with Crippen molar-refractivity contribution in [3.63, 3.8) is 0 Å². The Morgan fingerprint density at radius 3 is 2.21 bits per heavy atom. The molecule has 2 aromatic carbocycles. The van der Waals surface area contributed by atoms with E-state index in [1.807, 2.05) is 6.07 Å². The van der Waals surface area contributed by atoms with Crippen LogP contribution in [0.5, 0.6) is 5.75 Å². The van der Waals surface area contributed by atoms with Crippen LogP contribution in [0.2, 0.25) is 0 Å². The molecule has 4 N–H and O–H groups in total. The molecule has 0 radical (unpaired) electrons. The van der Waals surface area contributed by atoms with Gasteiger partial charge in [-0.3, -0.25) is 4.90 Å². The molecular formula is C23H19N3O7. The minimum Gasteiger partial charge on any atom is -0.506 e. The minimum atomic E-state index is -1.29. The fraction of sp³-hybridized carbons (Fsp3) is 0.130. The molecule has 0 amide bonds. The standard InChI is InChI=1S/C23H19N3O7/c1-32-22(30)18-17(12-6-4-3-5-7-12)14(11-24)20(25)26(19(18)23(31)33-2)15-9-8-13(21(28)29)10-16(15)27/h3-10,17,27H,25H2,1-2H3,(H,28,29). The molecular weight excluding hydrogens is 430 g/mol. The van der Waals surface area contributed by atoms with Gasteiger partial charge in [0.05, 0.1) is 48.6 Å². The number of ether oxygens (including phenoxy) is 2. The van der Waals surface area contributed by atoms with Gasteiger partial charge in [0.1, 0.15) is 17.3 Å². The van der Waals surface area contributed by atoms with Gasteiger partial charge in [-0.05, 0) is 23.8 Å². The number of benzene rings is 2. The van der Waals surface area contributed by atoms with Crippen LogP contribution in [0.15, 0.2) is 71.2 Å². The number of aromatic carboxylic acids is 1. The molecule has 33 heavy (non-hydrogen) atoms. The Kier molecular flexibility index (Phi) is 6.35. The quantitative estimate of drug-likeness (QED) is 0.575. The Morgan fingerprint density at radius 2 is 1.70 bits per heavy atom. The van der Waals surface area contributed by atoms with Gasteiger partial charge in [0.25, 0.3) is 0 Å². The Hall–Kier alpha value is -4.78. The number of hydrogen-bond donors (Lipinski definition) is 3. The van der Waals surface area contributed by atoms with Gasteiger partial charge >= 0.3 is 17.9 Å². The number of nitriles is 1. The van der Waals surface area contributed by atoms with Gasteiger partial charge in [-0.1, -0.05) is 30.3 Å². The molecule has 0 spiro atoms. The topological polar surface area (TPSA) is 163 Å². The van der Waals surface area contributed by atoms with Crippen LogP contribution in [0.3, 0.4) is 0 Å². The second-order valence-electron chi connectivity index (χ2n) is 6.84. The van der Waals surface area contributed by atoms with E-state index < -0.39 is 29.6 Å². The van der Waals surface area contributed by atoms with Crippen molar-refractivity contribution in [3.05, 3.63) is 82.3 Å². The van der Waals surface area contributed by atoms with Gasteiger partial charge in [0, 0.05) is 0 Å². The molecule has 168 valence electrons. The van der Waals surface area contributed by atoms with E-state index in [2.05, 4.69) is 0 Å². The number of hydrogen-bond acceptors (Lipinski definition) is 9. The maximum absolute atomic E-state index is 12.9. The monoisotopic (exact) mass is 449 g/mol. The molecule has 3 rings (SSSR count). The van der Waals surface area contributed by atoms with Crippen molar-refractivity contribution < 1.29 is 34.1 Å². The average molecular weight is 449 g/mol. The second-order valence-corrected chi connectivity index (χ2v) is 6.84. The Morgan fingerprint density at radius 1 is 1.06 bits per heavy atom. The molecule has 1 aliphatic rings. The lowest BCUT2D eigenvalue weighted by Gasteiger charge is -2.36. The molecule has 0 bridgehead atoms. The van der Waals surface area contributed by atoms with Crippen molar-refractivity contribution in [1.82, 2.24) is 0 Å². The van der Waals surface area contributed by atoms with Gasteiger partial charge in [-0.15, -0.1) is 0 Å². The first-order valence-corrected chi connectivity index (χ1v) is 9.48. The number of nitrogens with zero attached hydrogens (tertiary/aromatic N) is 2.